The fraction of sp³-hybridized carbons (Fsp3) is 0.318. The van der Waals surface area contributed by atoms with E-state index in [2.05, 4.69) is 49.3 Å². The first-order valence-corrected chi connectivity index (χ1v) is 9.02. The third kappa shape index (κ3) is 3.76. The molecule has 0 N–H and O–H groups in total. The Morgan fingerprint density at radius 2 is 1.72 bits per heavy atom. The maximum Gasteiger partial charge on any atom is 0.119 e. The van der Waals surface area contributed by atoms with Gasteiger partial charge >= 0.3 is 0 Å². The standard InChI is InChI=1S/C22H26N2O/c1-5-16(3)21-12-9-19(15-22(21)24-14-13-17(4)23-24)18-7-10-20(11-8-18)25-6-2/h7-16H,5-6H2,1-4H3. The van der Waals surface area contributed by atoms with Gasteiger partial charge in [0.15, 0.2) is 0 Å². The van der Waals surface area contributed by atoms with Crippen molar-refractivity contribution < 1.29 is 4.74 Å². The van der Waals surface area contributed by atoms with Gasteiger partial charge in [-0.3, -0.25) is 0 Å². The van der Waals surface area contributed by atoms with Crippen LogP contribution in [0.15, 0.2) is 54.7 Å². The summed E-state index contributed by atoms with van der Waals surface area (Å²) in [6.07, 6.45) is 3.15. The summed E-state index contributed by atoms with van der Waals surface area (Å²) >= 11 is 0. The highest BCUT2D eigenvalue weighted by Gasteiger charge is 2.13. The van der Waals surface area contributed by atoms with E-state index in [1.165, 1.54) is 16.7 Å². The van der Waals surface area contributed by atoms with Crippen molar-refractivity contribution in [3.8, 4) is 22.6 Å². The minimum absolute atomic E-state index is 0.494. The largest absolute Gasteiger partial charge is 0.494 e. The van der Waals surface area contributed by atoms with Crippen LogP contribution in [0.4, 0.5) is 0 Å². The monoisotopic (exact) mass is 334 g/mol. The highest BCUT2D eigenvalue weighted by atomic mass is 16.5. The average Bonchev–Trinajstić information content (AvgIpc) is 3.08. The van der Waals surface area contributed by atoms with Gasteiger partial charge in [-0.15, -0.1) is 0 Å². The van der Waals surface area contributed by atoms with Gasteiger partial charge in [-0.25, -0.2) is 4.68 Å². The van der Waals surface area contributed by atoms with Gasteiger partial charge in [-0.05, 0) is 67.1 Å². The lowest BCUT2D eigenvalue weighted by Gasteiger charge is -2.17. The molecule has 0 aliphatic carbocycles. The summed E-state index contributed by atoms with van der Waals surface area (Å²) in [4.78, 5) is 0. The minimum atomic E-state index is 0.494. The van der Waals surface area contributed by atoms with Crippen LogP contribution in [0.25, 0.3) is 16.8 Å². The summed E-state index contributed by atoms with van der Waals surface area (Å²) in [5, 5.41) is 4.63. The molecule has 1 aromatic heterocycles. The van der Waals surface area contributed by atoms with Crippen LogP contribution in [0.2, 0.25) is 0 Å². The van der Waals surface area contributed by atoms with Crippen molar-refractivity contribution in [2.75, 3.05) is 6.61 Å². The maximum atomic E-state index is 5.54. The molecule has 0 radical (unpaired) electrons. The van der Waals surface area contributed by atoms with Crippen LogP contribution >= 0.6 is 0 Å². The molecule has 0 spiro atoms. The summed E-state index contributed by atoms with van der Waals surface area (Å²) in [5.74, 6) is 1.40. The van der Waals surface area contributed by atoms with Crippen LogP contribution in [-0.2, 0) is 0 Å². The molecule has 1 heterocycles. The van der Waals surface area contributed by atoms with Crippen LogP contribution in [0, 0.1) is 6.92 Å². The van der Waals surface area contributed by atoms with E-state index in [4.69, 9.17) is 4.74 Å². The van der Waals surface area contributed by atoms with Crippen LogP contribution in [-0.4, -0.2) is 16.4 Å². The molecule has 1 unspecified atom stereocenters. The third-order valence-corrected chi connectivity index (χ3v) is 4.64. The molecule has 0 aliphatic rings. The Morgan fingerprint density at radius 3 is 2.32 bits per heavy atom. The van der Waals surface area contributed by atoms with E-state index in [9.17, 15) is 0 Å². The molecule has 130 valence electrons. The first-order valence-electron chi connectivity index (χ1n) is 9.02. The molecule has 0 aliphatic heterocycles. The molecule has 0 fully saturated rings. The summed E-state index contributed by atoms with van der Waals surface area (Å²) in [7, 11) is 0. The van der Waals surface area contributed by atoms with E-state index in [1.807, 2.05) is 42.9 Å². The van der Waals surface area contributed by atoms with Gasteiger partial charge in [-0.1, -0.05) is 38.1 Å². The number of benzene rings is 2. The Morgan fingerprint density at radius 1 is 1.00 bits per heavy atom. The fourth-order valence-corrected chi connectivity index (χ4v) is 3.02. The highest BCUT2D eigenvalue weighted by Crippen LogP contribution is 2.31. The second kappa shape index (κ2) is 7.56. The van der Waals surface area contributed by atoms with Gasteiger partial charge in [0.1, 0.15) is 5.75 Å². The minimum Gasteiger partial charge on any atom is -0.494 e. The molecule has 25 heavy (non-hydrogen) atoms. The quantitative estimate of drug-likeness (QED) is 0.573. The Labute approximate surface area is 150 Å². The third-order valence-electron chi connectivity index (χ3n) is 4.64. The van der Waals surface area contributed by atoms with Crippen LogP contribution in [0.1, 0.15) is 44.4 Å². The first kappa shape index (κ1) is 17.3. The van der Waals surface area contributed by atoms with Crippen molar-refractivity contribution in [3.63, 3.8) is 0 Å². The zero-order chi connectivity index (χ0) is 17.8. The zero-order valence-corrected chi connectivity index (χ0v) is 15.5. The van der Waals surface area contributed by atoms with E-state index >= 15 is 0 Å². The molecule has 0 bridgehead atoms. The summed E-state index contributed by atoms with van der Waals surface area (Å²) in [6.45, 7) is 9.20. The Bertz CT molecular complexity index is 833. The van der Waals surface area contributed by atoms with Crippen molar-refractivity contribution >= 4 is 0 Å². The van der Waals surface area contributed by atoms with Crippen molar-refractivity contribution in [2.24, 2.45) is 0 Å². The molecule has 3 nitrogen and oxygen atoms in total. The van der Waals surface area contributed by atoms with E-state index < -0.39 is 0 Å². The molecule has 0 saturated heterocycles. The summed E-state index contributed by atoms with van der Waals surface area (Å²) in [5.41, 5.74) is 5.90. The lowest BCUT2D eigenvalue weighted by atomic mass is 9.93. The van der Waals surface area contributed by atoms with Gasteiger partial charge in [0.25, 0.3) is 0 Å². The molecule has 1 atom stereocenters. The van der Waals surface area contributed by atoms with E-state index in [-0.39, 0.29) is 0 Å². The van der Waals surface area contributed by atoms with E-state index in [1.54, 1.807) is 0 Å². The SMILES string of the molecule is CCOc1ccc(-c2ccc(C(C)CC)c(-n3ccc(C)n3)c2)cc1. The van der Waals surface area contributed by atoms with Gasteiger partial charge in [0.2, 0.25) is 0 Å². The molecule has 0 amide bonds. The number of rotatable bonds is 6. The lowest BCUT2D eigenvalue weighted by Crippen LogP contribution is -2.04. The number of aryl methyl sites for hydroxylation is 1. The number of hydrogen-bond acceptors (Lipinski definition) is 2. The van der Waals surface area contributed by atoms with Crippen molar-refractivity contribution in [3.05, 3.63) is 66.0 Å². The van der Waals surface area contributed by atoms with Gasteiger partial charge in [0, 0.05) is 6.20 Å². The van der Waals surface area contributed by atoms with Crippen molar-refractivity contribution in [1.29, 1.82) is 0 Å². The van der Waals surface area contributed by atoms with Gasteiger partial charge in [0.05, 0.1) is 18.0 Å². The molecule has 3 aromatic rings. The second-order valence-electron chi connectivity index (χ2n) is 6.44. The number of hydrogen-bond donors (Lipinski definition) is 0. The van der Waals surface area contributed by atoms with Crippen LogP contribution in [0.5, 0.6) is 5.75 Å². The molecule has 0 saturated carbocycles. The van der Waals surface area contributed by atoms with E-state index in [0.29, 0.717) is 12.5 Å². The van der Waals surface area contributed by atoms with E-state index in [0.717, 1.165) is 23.6 Å². The van der Waals surface area contributed by atoms with Crippen molar-refractivity contribution in [1.82, 2.24) is 9.78 Å². The summed E-state index contributed by atoms with van der Waals surface area (Å²) < 4.78 is 7.54. The maximum absolute atomic E-state index is 5.54. The number of nitrogens with zero attached hydrogens (tertiary/aromatic N) is 2. The van der Waals surface area contributed by atoms with Gasteiger partial charge < -0.3 is 4.74 Å². The van der Waals surface area contributed by atoms with Crippen LogP contribution in [0.3, 0.4) is 0 Å². The second-order valence-corrected chi connectivity index (χ2v) is 6.44. The Hall–Kier alpha value is -2.55. The number of aromatic nitrogens is 2. The van der Waals surface area contributed by atoms with Gasteiger partial charge in [-0.2, -0.15) is 5.10 Å². The molecular formula is C22H26N2O. The molecule has 3 rings (SSSR count). The number of ether oxygens (including phenoxy) is 1. The summed E-state index contributed by atoms with van der Waals surface area (Å²) in [6, 6.07) is 17.0. The lowest BCUT2D eigenvalue weighted by molar-refractivity contribution is 0.340. The molecule has 3 heteroatoms. The fourth-order valence-electron chi connectivity index (χ4n) is 3.02. The Kier molecular flexibility index (Phi) is 5.22. The molecular weight excluding hydrogens is 308 g/mol. The molecule has 2 aromatic carbocycles. The smallest absolute Gasteiger partial charge is 0.119 e. The first-order chi connectivity index (χ1) is 12.1. The van der Waals surface area contributed by atoms with Crippen molar-refractivity contribution in [2.45, 2.75) is 40.0 Å². The predicted molar refractivity (Wildman–Crippen MR) is 104 cm³/mol. The normalized spacial score (nSPS) is 12.2. The predicted octanol–water partition coefficient (Wildman–Crippen LogP) is 5.76. The zero-order valence-electron chi connectivity index (χ0n) is 15.5. The van der Waals surface area contributed by atoms with Crippen LogP contribution < -0.4 is 4.74 Å². The topological polar surface area (TPSA) is 27.1 Å². The Balaban J connectivity index is 2.04. The average molecular weight is 334 g/mol. The highest BCUT2D eigenvalue weighted by molar-refractivity contribution is 5.68.